The molecule has 2 N–H and O–H groups in total. The number of carboxylic acid groups (broad SMARTS) is 1. The Morgan fingerprint density at radius 2 is 1.34 bits per heavy atom. The predicted octanol–water partition coefficient (Wildman–Crippen LogP) is 7.61. The molecule has 0 bridgehead atoms. The van der Waals surface area contributed by atoms with E-state index in [9.17, 15) is 14.7 Å². The first-order valence-electron chi connectivity index (χ1n) is 15.6. The Kier molecular flexibility index (Phi) is 8.11. The number of carbonyl (C=O) groups excluding carboxylic acids is 1. The summed E-state index contributed by atoms with van der Waals surface area (Å²) in [5.74, 6) is -1.17. The summed E-state index contributed by atoms with van der Waals surface area (Å²) < 4.78 is 6.23. The average Bonchev–Trinajstić information content (AvgIpc) is 3.78. The molecule has 47 heavy (non-hydrogen) atoms. The van der Waals surface area contributed by atoms with E-state index < -0.39 is 23.6 Å². The van der Waals surface area contributed by atoms with Crippen LogP contribution < -0.4 is 0 Å². The largest absolute Gasteiger partial charge is 0.480 e. The second kappa shape index (κ2) is 12.8. The molecular formula is C40H33N3O4. The van der Waals surface area contributed by atoms with Gasteiger partial charge in [0.2, 0.25) is 0 Å². The summed E-state index contributed by atoms with van der Waals surface area (Å²) >= 11 is 0. The number of aromatic amines is 1. The number of rotatable bonds is 10. The number of carbonyl (C=O) groups is 2. The van der Waals surface area contributed by atoms with E-state index in [0.29, 0.717) is 5.69 Å². The average molecular weight is 620 g/mol. The number of amides is 1. The second-order valence-corrected chi connectivity index (χ2v) is 11.6. The third-order valence-electron chi connectivity index (χ3n) is 9.00. The molecule has 0 fully saturated rings. The third kappa shape index (κ3) is 5.46. The SMILES string of the molecule is O=C(O)C(Cc1cnc[nH]1)N(C(=O)OCc1cccc2c1Cc1ccccc1-2)C(c1ccccc1)(c1ccccc1)c1ccccc1. The van der Waals surface area contributed by atoms with Crippen LogP contribution >= 0.6 is 0 Å². The highest BCUT2D eigenvalue weighted by Gasteiger charge is 2.51. The standard InChI is InChI=1S/C40H33N3O4/c44-38(45)37(24-33-25-41-27-42-33)43(39(46)47-26-29-14-12-22-35-34-21-11-10-13-28(34)23-36(29)35)40(30-15-4-1-5-16-30,31-17-6-2-7-18-31)32-19-8-3-9-20-32/h1-22,25,27,37H,23-24,26H2,(H,41,42)(H,44,45). The minimum absolute atomic E-state index is 0.0165. The molecule has 1 amide bonds. The Bertz CT molecular complexity index is 1900. The van der Waals surface area contributed by atoms with Crippen molar-refractivity contribution in [3.63, 3.8) is 0 Å². The summed E-state index contributed by atoms with van der Waals surface area (Å²) in [6.07, 6.45) is 3.06. The van der Waals surface area contributed by atoms with Gasteiger partial charge in [-0.25, -0.2) is 14.6 Å². The number of hydrogen-bond acceptors (Lipinski definition) is 4. The molecule has 0 saturated carbocycles. The van der Waals surface area contributed by atoms with Crippen LogP contribution in [0.2, 0.25) is 0 Å². The number of carboxylic acids is 1. The first kappa shape index (κ1) is 29.7. The van der Waals surface area contributed by atoms with Crippen molar-refractivity contribution >= 4 is 12.1 Å². The summed E-state index contributed by atoms with van der Waals surface area (Å²) in [6.45, 7) is -0.0165. The molecular weight excluding hydrogens is 586 g/mol. The van der Waals surface area contributed by atoms with Gasteiger partial charge in [-0.2, -0.15) is 0 Å². The van der Waals surface area contributed by atoms with E-state index in [4.69, 9.17) is 4.74 Å². The summed E-state index contributed by atoms with van der Waals surface area (Å²) in [6, 6.07) is 41.7. The fourth-order valence-electron chi connectivity index (χ4n) is 6.91. The van der Waals surface area contributed by atoms with Crippen LogP contribution in [0.15, 0.2) is 146 Å². The van der Waals surface area contributed by atoms with Gasteiger partial charge < -0.3 is 14.8 Å². The molecule has 7 nitrogen and oxygen atoms in total. The summed E-state index contributed by atoms with van der Waals surface area (Å²) in [5, 5.41) is 10.9. The fourth-order valence-corrected chi connectivity index (χ4v) is 6.91. The van der Waals surface area contributed by atoms with Gasteiger partial charge in [-0.3, -0.25) is 4.90 Å². The second-order valence-electron chi connectivity index (χ2n) is 11.6. The van der Waals surface area contributed by atoms with Crippen molar-refractivity contribution < 1.29 is 19.4 Å². The maximum Gasteiger partial charge on any atom is 0.412 e. The Labute approximate surface area is 273 Å². The number of ether oxygens (including phenoxy) is 1. The topological polar surface area (TPSA) is 95.5 Å². The summed E-state index contributed by atoms with van der Waals surface area (Å²) in [4.78, 5) is 36.8. The lowest BCUT2D eigenvalue weighted by molar-refractivity contribution is -0.144. The van der Waals surface area contributed by atoms with Crippen molar-refractivity contribution in [1.82, 2.24) is 14.9 Å². The molecule has 1 unspecified atom stereocenters. The smallest absolute Gasteiger partial charge is 0.412 e. The van der Waals surface area contributed by atoms with Crippen LogP contribution in [0.3, 0.4) is 0 Å². The van der Waals surface area contributed by atoms with Crippen LogP contribution in [0.25, 0.3) is 11.1 Å². The van der Waals surface area contributed by atoms with Crippen LogP contribution in [0.4, 0.5) is 4.79 Å². The van der Waals surface area contributed by atoms with Crippen molar-refractivity contribution in [2.45, 2.75) is 31.0 Å². The highest BCUT2D eigenvalue weighted by molar-refractivity contribution is 5.83. The molecule has 0 aliphatic heterocycles. The zero-order valence-electron chi connectivity index (χ0n) is 25.6. The molecule has 232 valence electrons. The maximum atomic E-state index is 14.9. The van der Waals surface area contributed by atoms with Crippen molar-refractivity contribution in [1.29, 1.82) is 0 Å². The minimum atomic E-state index is -1.38. The molecule has 7 rings (SSSR count). The summed E-state index contributed by atoms with van der Waals surface area (Å²) in [7, 11) is 0. The van der Waals surface area contributed by atoms with Crippen LogP contribution in [0.5, 0.6) is 0 Å². The van der Waals surface area contributed by atoms with Gasteiger partial charge >= 0.3 is 12.1 Å². The number of hydrogen-bond donors (Lipinski definition) is 2. The fraction of sp³-hybridized carbons (Fsp3) is 0.125. The number of aliphatic carboxylic acids is 1. The highest BCUT2D eigenvalue weighted by atomic mass is 16.6. The van der Waals surface area contributed by atoms with E-state index in [1.54, 1.807) is 6.20 Å². The number of benzene rings is 5. The third-order valence-corrected chi connectivity index (χ3v) is 9.00. The predicted molar refractivity (Wildman–Crippen MR) is 180 cm³/mol. The lowest BCUT2D eigenvalue weighted by Crippen LogP contribution is -2.59. The van der Waals surface area contributed by atoms with Crippen molar-refractivity contribution in [2.75, 3.05) is 0 Å². The van der Waals surface area contributed by atoms with Crippen molar-refractivity contribution in [3.8, 4) is 11.1 Å². The van der Waals surface area contributed by atoms with Gasteiger partial charge in [-0.15, -0.1) is 0 Å². The van der Waals surface area contributed by atoms with Crippen LogP contribution in [-0.2, 0) is 34.5 Å². The van der Waals surface area contributed by atoms with Crippen LogP contribution in [0, 0.1) is 0 Å². The first-order valence-corrected chi connectivity index (χ1v) is 15.6. The van der Waals surface area contributed by atoms with Gasteiger partial charge in [-0.1, -0.05) is 133 Å². The molecule has 5 aromatic carbocycles. The lowest BCUT2D eigenvalue weighted by atomic mass is 9.74. The Morgan fingerprint density at radius 1 is 0.766 bits per heavy atom. The number of aromatic nitrogens is 2. The number of fused-ring (bicyclic) bond motifs is 3. The zero-order chi connectivity index (χ0) is 32.2. The number of nitrogens with one attached hydrogen (secondary N) is 1. The van der Waals surface area contributed by atoms with Crippen LogP contribution in [-0.4, -0.2) is 38.1 Å². The number of H-pyrrole nitrogens is 1. The maximum absolute atomic E-state index is 14.9. The Morgan fingerprint density at radius 3 is 1.91 bits per heavy atom. The summed E-state index contributed by atoms with van der Waals surface area (Å²) in [5.41, 5.74) is 6.90. The molecule has 0 saturated heterocycles. The van der Waals surface area contributed by atoms with Crippen LogP contribution in [0.1, 0.15) is 39.1 Å². The van der Waals surface area contributed by atoms with Gasteiger partial charge in [0.05, 0.1) is 6.33 Å². The quantitative estimate of drug-likeness (QED) is 0.154. The van der Waals surface area contributed by atoms with E-state index >= 15 is 0 Å². The molecule has 1 aliphatic rings. The molecule has 0 radical (unpaired) electrons. The molecule has 0 spiro atoms. The number of nitrogens with zero attached hydrogens (tertiary/aromatic N) is 2. The normalized spacial score (nSPS) is 12.5. The molecule has 1 aromatic heterocycles. The molecule has 1 atom stereocenters. The molecule has 6 aromatic rings. The first-order chi connectivity index (χ1) is 23.1. The highest BCUT2D eigenvalue weighted by Crippen LogP contribution is 2.45. The van der Waals surface area contributed by atoms with E-state index in [-0.39, 0.29) is 13.0 Å². The lowest BCUT2D eigenvalue weighted by Gasteiger charge is -2.47. The van der Waals surface area contributed by atoms with Gasteiger partial charge in [0.25, 0.3) is 0 Å². The van der Waals surface area contributed by atoms with E-state index in [1.807, 2.05) is 115 Å². The Hall–Kier alpha value is -5.95. The minimum Gasteiger partial charge on any atom is -0.480 e. The molecule has 7 heteroatoms. The van der Waals surface area contributed by atoms with Gasteiger partial charge in [0.15, 0.2) is 0 Å². The van der Waals surface area contributed by atoms with E-state index in [2.05, 4.69) is 28.2 Å². The van der Waals surface area contributed by atoms with Crippen molar-refractivity contribution in [2.24, 2.45) is 0 Å². The zero-order valence-corrected chi connectivity index (χ0v) is 25.6. The van der Waals surface area contributed by atoms with Gasteiger partial charge in [0.1, 0.15) is 18.2 Å². The van der Waals surface area contributed by atoms with Crippen molar-refractivity contribution in [3.05, 3.63) is 185 Å². The molecule has 1 aliphatic carbocycles. The van der Waals surface area contributed by atoms with E-state index in [1.165, 1.54) is 22.4 Å². The molecule has 1 heterocycles. The van der Waals surface area contributed by atoms with Gasteiger partial charge in [0, 0.05) is 18.3 Å². The number of imidazole rings is 1. The van der Waals surface area contributed by atoms with E-state index in [0.717, 1.165) is 39.8 Å². The van der Waals surface area contributed by atoms with Gasteiger partial charge in [-0.05, 0) is 50.9 Å². The Balaban J connectivity index is 1.39. The monoisotopic (exact) mass is 619 g/mol.